The minimum atomic E-state index is -0.665. The number of aliphatic hydroxyl groups is 1. The Labute approximate surface area is 112 Å². The molecule has 1 N–H and O–H groups in total. The first-order valence-corrected chi connectivity index (χ1v) is 6.97. The maximum atomic E-state index is 12.4. The highest BCUT2D eigenvalue weighted by Crippen LogP contribution is 2.62. The van der Waals surface area contributed by atoms with Crippen molar-refractivity contribution in [3.63, 3.8) is 0 Å². The van der Waals surface area contributed by atoms with Crippen LogP contribution in [0.15, 0.2) is 11.6 Å². The zero-order chi connectivity index (χ0) is 13.8. The Morgan fingerprint density at radius 1 is 1.47 bits per heavy atom. The molecule has 104 valence electrons. The van der Waals surface area contributed by atoms with E-state index in [0.29, 0.717) is 6.42 Å². The van der Waals surface area contributed by atoms with Crippen molar-refractivity contribution in [2.24, 2.45) is 22.7 Å². The number of aliphatic hydroxyl groups excluding tert-OH is 1. The number of ether oxygens (including phenoxy) is 1. The molecular formula is C15H20O4. The zero-order valence-electron chi connectivity index (χ0n) is 11.4. The third-order valence-electron chi connectivity index (χ3n) is 5.86. The lowest BCUT2D eigenvalue weighted by Gasteiger charge is -2.60. The molecule has 2 fully saturated rings. The van der Waals surface area contributed by atoms with Gasteiger partial charge in [0, 0.05) is 11.8 Å². The van der Waals surface area contributed by atoms with Crippen LogP contribution in [0.5, 0.6) is 0 Å². The third-order valence-corrected chi connectivity index (χ3v) is 5.86. The number of carbonyl (C=O) groups is 2. The molecule has 1 saturated heterocycles. The summed E-state index contributed by atoms with van der Waals surface area (Å²) in [6, 6.07) is 0. The van der Waals surface area contributed by atoms with Gasteiger partial charge in [-0.15, -0.1) is 0 Å². The highest BCUT2D eigenvalue weighted by atomic mass is 16.5. The number of hydrogen-bond donors (Lipinski definition) is 1. The van der Waals surface area contributed by atoms with Crippen LogP contribution < -0.4 is 0 Å². The summed E-state index contributed by atoms with van der Waals surface area (Å²) in [5, 5.41) is 9.94. The number of ketones is 1. The predicted molar refractivity (Wildman–Crippen MR) is 68.2 cm³/mol. The van der Waals surface area contributed by atoms with Crippen LogP contribution in [0.2, 0.25) is 0 Å². The molecule has 4 heteroatoms. The fourth-order valence-corrected chi connectivity index (χ4v) is 4.51. The number of hydrogen-bond acceptors (Lipinski definition) is 4. The second-order valence-corrected chi connectivity index (χ2v) is 6.43. The van der Waals surface area contributed by atoms with Gasteiger partial charge in [-0.3, -0.25) is 9.59 Å². The van der Waals surface area contributed by atoms with Gasteiger partial charge in [-0.2, -0.15) is 0 Å². The van der Waals surface area contributed by atoms with E-state index in [-0.39, 0.29) is 36.8 Å². The third kappa shape index (κ3) is 1.38. The summed E-state index contributed by atoms with van der Waals surface area (Å²) in [7, 11) is 0. The second kappa shape index (κ2) is 3.92. The van der Waals surface area contributed by atoms with Gasteiger partial charge < -0.3 is 9.84 Å². The van der Waals surface area contributed by atoms with E-state index < -0.39 is 10.8 Å². The molecule has 1 saturated carbocycles. The quantitative estimate of drug-likeness (QED) is 0.728. The smallest absolute Gasteiger partial charge is 0.316 e. The monoisotopic (exact) mass is 264 g/mol. The normalized spacial score (nSPS) is 45.3. The summed E-state index contributed by atoms with van der Waals surface area (Å²) in [5.74, 6) is 0.0319. The molecule has 19 heavy (non-hydrogen) atoms. The molecule has 0 aromatic heterocycles. The molecule has 2 bridgehead atoms. The van der Waals surface area contributed by atoms with Crippen molar-refractivity contribution in [2.75, 3.05) is 13.2 Å². The van der Waals surface area contributed by atoms with Crippen LogP contribution in [0.1, 0.15) is 33.1 Å². The van der Waals surface area contributed by atoms with E-state index in [4.69, 9.17) is 4.74 Å². The molecule has 0 aromatic rings. The van der Waals surface area contributed by atoms with Crippen molar-refractivity contribution in [2.45, 2.75) is 33.1 Å². The number of allylic oxidation sites excluding steroid dienone is 1. The van der Waals surface area contributed by atoms with Gasteiger partial charge >= 0.3 is 5.97 Å². The first-order chi connectivity index (χ1) is 8.97. The van der Waals surface area contributed by atoms with Crippen molar-refractivity contribution < 1.29 is 19.4 Å². The zero-order valence-corrected chi connectivity index (χ0v) is 11.4. The Balaban J connectivity index is 2.19. The van der Waals surface area contributed by atoms with Crippen LogP contribution in [0.25, 0.3) is 0 Å². The SMILES string of the molecule is CC1=CC(=O)C[C@H]2[C@@]13CC[C@@H](C)[C@@]2(CO)COC3=O. The fourth-order valence-electron chi connectivity index (χ4n) is 4.51. The fraction of sp³-hybridized carbons (Fsp3) is 0.733. The average Bonchev–Trinajstić information content (AvgIpc) is 2.37. The van der Waals surface area contributed by atoms with Crippen molar-refractivity contribution >= 4 is 11.8 Å². The second-order valence-electron chi connectivity index (χ2n) is 6.43. The summed E-state index contributed by atoms with van der Waals surface area (Å²) >= 11 is 0. The van der Waals surface area contributed by atoms with Crippen LogP contribution in [0, 0.1) is 22.7 Å². The number of rotatable bonds is 1. The highest BCUT2D eigenvalue weighted by molar-refractivity contribution is 5.96. The van der Waals surface area contributed by atoms with Crippen LogP contribution >= 0.6 is 0 Å². The van der Waals surface area contributed by atoms with Gasteiger partial charge in [0.15, 0.2) is 5.78 Å². The number of cyclic esters (lactones) is 1. The first-order valence-electron chi connectivity index (χ1n) is 6.97. The number of esters is 1. The molecule has 3 aliphatic rings. The molecule has 4 atom stereocenters. The van der Waals surface area contributed by atoms with Gasteiger partial charge in [-0.05, 0) is 37.7 Å². The standard InChI is InChI=1S/C15H20O4/c1-9-3-4-15-10(2)5-11(17)6-12(15)14(9,7-16)8-19-13(15)18/h5,9,12,16H,3-4,6-8H2,1-2H3/t9-,12-,14-,15-/m1/s1. The van der Waals surface area contributed by atoms with Crippen molar-refractivity contribution in [3.05, 3.63) is 11.6 Å². The molecule has 0 aromatic carbocycles. The van der Waals surface area contributed by atoms with Gasteiger partial charge in [-0.25, -0.2) is 0 Å². The van der Waals surface area contributed by atoms with E-state index in [0.717, 1.165) is 18.4 Å². The van der Waals surface area contributed by atoms with Gasteiger partial charge in [-0.1, -0.05) is 12.5 Å². The summed E-state index contributed by atoms with van der Waals surface area (Å²) in [4.78, 5) is 24.3. The van der Waals surface area contributed by atoms with Crippen molar-refractivity contribution in [1.29, 1.82) is 0 Å². The lowest BCUT2D eigenvalue weighted by atomic mass is 9.46. The molecule has 0 spiro atoms. The molecule has 3 rings (SSSR count). The maximum Gasteiger partial charge on any atom is 0.316 e. The highest BCUT2D eigenvalue weighted by Gasteiger charge is 2.65. The topological polar surface area (TPSA) is 63.6 Å². The Morgan fingerprint density at radius 2 is 2.21 bits per heavy atom. The maximum absolute atomic E-state index is 12.4. The minimum Gasteiger partial charge on any atom is -0.464 e. The Hall–Kier alpha value is -1.16. The summed E-state index contributed by atoms with van der Waals surface area (Å²) in [6.45, 7) is 4.18. The van der Waals surface area contributed by atoms with E-state index in [1.807, 2.05) is 6.92 Å². The van der Waals surface area contributed by atoms with E-state index in [9.17, 15) is 14.7 Å². The molecule has 4 nitrogen and oxygen atoms in total. The van der Waals surface area contributed by atoms with Gasteiger partial charge in [0.05, 0.1) is 18.6 Å². The molecular weight excluding hydrogens is 244 g/mol. The van der Waals surface area contributed by atoms with Gasteiger partial charge in [0.1, 0.15) is 0 Å². The van der Waals surface area contributed by atoms with Crippen molar-refractivity contribution in [1.82, 2.24) is 0 Å². The van der Waals surface area contributed by atoms with Crippen LogP contribution in [0.3, 0.4) is 0 Å². The van der Waals surface area contributed by atoms with Gasteiger partial charge in [0.25, 0.3) is 0 Å². The molecule has 0 radical (unpaired) electrons. The van der Waals surface area contributed by atoms with E-state index >= 15 is 0 Å². The summed E-state index contributed by atoms with van der Waals surface area (Å²) < 4.78 is 5.42. The Morgan fingerprint density at radius 3 is 2.89 bits per heavy atom. The van der Waals surface area contributed by atoms with E-state index in [1.165, 1.54) is 0 Å². The molecule has 1 aliphatic heterocycles. The van der Waals surface area contributed by atoms with Crippen LogP contribution in [-0.4, -0.2) is 30.1 Å². The van der Waals surface area contributed by atoms with Gasteiger partial charge in [0.2, 0.25) is 0 Å². The summed E-state index contributed by atoms with van der Waals surface area (Å²) in [5.41, 5.74) is -0.290. The van der Waals surface area contributed by atoms with Crippen LogP contribution in [0.4, 0.5) is 0 Å². The molecule has 0 unspecified atom stereocenters. The minimum absolute atomic E-state index is 0.0194. The van der Waals surface area contributed by atoms with E-state index in [1.54, 1.807) is 6.08 Å². The Bertz CT molecular complexity index is 481. The van der Waals surface area contributed by atoms with Crippen LogP contribution in [-0.2, 0) is 14.3 Å². The molecule has 0 amide bonds. The average molecular weight is 264 g/mol. The first kappa shape index (κ1) is 12.9. The lowest BCUT2D eigenvalue weighted by Crippen LogP contribution is -2.64. The summed E-state index contributed by atoms with van der Waals surface area (Å²) in [6.07, 6.45) is 3.58. The largest absolute Gasteiger partial charge is 0.464 e. The Kier molecular flexibility index (Phi) is 2.65. The van der Waals surface area contributed by atoms with Crippen molar-refractivity contribution in [3.8, 4) is 0 Å². The van der Waals surface area contributed by atoms with E-state index in [2.05, 4.69) is 6.92 Å². The lowest BCUT2D eigenvalue weighted by molar-refractivity contribution is -0.209. The molecule has 1 heterocycles. The molecule has 2 aliphatic carbocycles. The number of carbonyl (C=O) groups excluding carboxylic acids is 2. The predicted octanol–water partition coefficient (Wildman–Crippen LogP) is 1.47.